The Balaban J connectivity index is 0.00000182. The maximum Gasteiger partial charge on any atom is 0.226 e. The number of ether oxygens (including phenoxy) is 1. The largest absolute Gasteiger partial charge is 0.486 e. The number of rotatable bonds is 6. The van der Waals surface area contributed by atoms with Crippen LogP contribution in [0.3, 0.4) is 0 Å². The fourth-order valence-corrected chi connectivity index (χ4v) is 3.61. The lowest BCUT2D eigenvalue weighted by molar-refractivity contribution is -0.121. The van der Waals surface area contributed by atoms with E-state index in [1.165, 1.54) is 11.3 Å². The second-order valence-electron chi connectivity index (χ2n) is 6.30. The highest BCUT2D eigenvalue weighted by Crippen LogP contribution is 2.18. The van der Waals surface area contributed by atoms with Crippen molar-refractivity contribution in [3.63, 3.8) is 0 Å². The zero-order chi connectivity index (χ0) is 17.6. The first-order valence-corrected chi connectivity index (χ1v) is 9.67. The van der Waals surface area contributed by atoms with Gasteiger partial charge >= 0.3 is 0 Å². The lowest BCUT2D eigenvalue weighted by atomic mass is 9.95. The van der Waals surface area contributed by atoms with Crippen molar-refractivity contribution in [2.45, 2.75) is 32.4 Å². The van der Waals surface area contributed by atoms with E-state index in [1.54, 1.807) is 12.1 Å². The van der Waals surface area contributed by atoms with Crippen LogP contribution in [0.4, 0.5) is 0 Å². The van der Waals surface area contributed by atoms with Crippen molar-refractivity contribution in [2.24, 2.45) is 5.92 Å². The minimum absolute atomic E-state index is 0. The highest BCUT2D eigenvalue weighted by Gasteiger charge is 2.22. The Hall–Kier alpha value is -1.05. The number of carbonyl (C=O) groups excluding carboxylic acids is 1. The van der Waals surface area contributed by atoms with Crippen LogP contribution < -0.4 is 15.4 Å². The van der Waals surface area contributed by atoms with Crippen molar-refractivity contribution in [2.75, 3.05) is 13.1 Å². The topological polar surface area (TPSA) is 63.2 Å². The molecule has 0 aliphatic carbocycles. The number of carbonyl (C=O) groups is 1. The monoisotopic (exact) mass is 451 g/mol. The number of piperidine rings is 1. The van der Waals surface area contributed by atoms with Gasteiger partial charge < -0.3 is 15.4 Å². The summed E-state index contributed by atoms with van der Waals surface area (Å²) in [4.78, 5) is 16.7. The highest BCUT2D eigenvalue weighted by molar-refractivity contribution is 7.09. The average Bonchev–Trinajstić information content (AvgIpc) is 3.04. The Bertz CT molecular complexity index is 712. The van der Waals surface area contributed by atoms with Gasteiger partial charge in [-0.05, 0) is 43.1 Å². The summed E-state index contributed by atoms with van der Waals surface area (Å²) < 4.78 is 5.68. The summed E-state index contributed by atoms with van der Waals surface area (Å²) in [5.41, 5.74) is 0.786. The van der Waals surface area contributed by atoms with Crippen molar-refractivity contribution >= 4 is 53.7 Å². The number of amides is 1. The maximum atomic E-state index is 12.2. The van der Waals surface area contributed by atoms with Gasteiger partial charge in [-0.1, -0.05) is 18.5 Å². The van der Waals surface area contributed by atoms with Gasteiger partial charge in [0, 0.05) is 23.0 Å². The fourth-order valence-electron chi connectivity index (χ4n) is 2.78. The molecule has 27 heavy (non-hydrogen) atoms. The lowest BCUT2D eigenvalue weighted by Gasteiger charge is -2.30. The number of halogens is 3. The van der Waals surface area contributed by atoms with Gasteiger partial charge in [-0.2, -0.15) is 0 Å². The molecule has 9 heteroatoms. The molecule has 2 aromatic rings. The second kappa shape index (κ2) is 11.7. The van der Waals surface area contributed by atoms with Crippen LogP contribution in [0.1, 0.15) is 24.0 Å². The van der Waals surface area contributed by atoms with E-state index in [0.29, 0.717) is 24.0 Å². The molecule has 2 unspecified atom stereocenters. The third kappa shape index (κ3) is 7.47. The van der Waals surface area contributed by atoms with E-state index in [-0.39, 0.29) is 36.8 Å². The predicted octanol–water partition coefficient (Wildman–Crippen LogP) is 3.88. The normalized spacial score (nSPS) is 18.7. The quantitative estimate of drug-likeness (QED) is 0.698. The van der Waals surface area contributed by atoms with Crippen LogP contribution in [0.5, 0.6) is 5.75 Å². The van der Waals surface area contributed by atoms with Crippen LogP contribution in [0.15, 0.2) is 29.6 Å². The summed E-state index contributed by atoms with van der Waals surface area (Å²) in [7, 11) is 0. The molecule has 1 amide bonds. The van der Waals surface area contributed by atoms with Gasteiger partial charge in [0.15, 0.2) is 0 Å². The van der Waals surface area contributed by atoms with E-state index in [9.17, 15) is 4.79 Å². The van der Waals surface area contributed by atoms with Gasteiger partial charge in [-0.15, -0.1) is 36.2 Å². The van der Waals surface area contributed by atoms with E-state index in [1.807, 2.05) is 17.5 Å². The third-order valence-corrected chi connectivity index (χ3v) is 5.41. The summed E-state index contributed by atoms with van der Waals surface area (Å²) in [6.07, 6.45) is 1.40. The summed E-state index contributed by atoms with van der Waals surface area (Å²) in [6.45, 7) is 4.43. The molecule has 2 atom stereocenters. The molecular formula is C18H24Cl3N3O2S. The van der Waals surface area contributed by atoms with E-state index in [2.05, 4.69) is 22.5 Å². The number of aromatic nitrogens is 1. The smallest absolute Gasteiger partial charge is 0.226 e. The summed E-state index contributed by atoms with van der Waals surface area (Å²) in [5.74, 6) is 1.28. The van der Waals surface area contributed by atoms with Crippen LogP contribution in [0.25, 0.3) is 0 Å². The fraction of sp³-hybridized carbons (Fsp3) is 0.444. The minimum Gasteiger partial charge on any atom is -0.486 e. The Morgan fingerprint density at radius 1 is 1.37 bits per heavy atom. The Morgan fingerprint density at radius 2 is 2.11 bits per heavy atom. The number of nitrogens with zero attached hydrogens (tertiary/aromatic N) is 1. The molecule has 3 rings (SSSR count). The van der Waals surface area contributed by atoms with Gasteiger partial charge in [-0.3, -0.25) is 4.79 Å². The number of thiazole rings is 1. The number of hydrogen-bond acceptors (Lipinski definition) is 5. The molecule has 1 fully saturated rings. The Labute approximate surface area is 181 Å². The number of benzene rings is 1. The molecule has 0 radical (unpaired) electrons. The summed E-state index contributed by atoms with van der Waals surface area (Å²) in [6, 6.07) is 7.42. The summed E-state index contributed by atoms with van der Waals surface area (Å²) in [5, 5.41) is 9.88. The lowest BCUT2D eigenvalue weighted by Crippen LogP contribution is -2.50. The van der Waals surface area contributed by atoms with E-state index in [4.69, 9.17) is 16.3 Å². The number of hydrogen-bond donors (Lipinski definition) is 2. The van der Waals surface area contributed by atoms with Gasteiger partial charge in [0.25, 0.3) is 0 Å². The molecule has 1 aromatic carbocycles. The summed E-state index contributed by atoms with van der Waals surface area (Å²) >= 11 is 7.36. The second-order valence-corrected chi connectivity index (χ2v) is 7.68. The molecule has 1 aliphatic heterocycles. The van der Waals surface area contributed by atoms with Crippen molar-refractivity contribution < 1.29 is 9.53 Å². The minimum atomic E-state index is 0. The van der Waals surface area contributed by atoms with E-state index in [0.717, 1.165) is 36.0 Å². The zero-order valence-corrected chi connectivity index (χ0v) is 18.1. The van der Waals surface area contributed by atoms with Crippen LogP contribution in [-0.2, 0) is 17.8 Å². The molecular weight excluding hydrogens is 429 g/mol. The van der Waals surface area contributed by atoms with Gasteiger partial charge in [0.05, 0.1) is 12.1 Å². The number of nitrogens with one attached hydrogen (secondary N) is 2. The maximum absolute atomic E-state index is 12.2. The van der Waals surface area contributed by atoms with Crippen LogP contribution >= 0.6 is 47.8 Å². The average molecular weight is 453 g/mol. The van der Waals surface area contributed by atoms with Crippen molar-refractivity contribution in [3.05, 3.63) is 45.4 Å². The first kappa shape index (κ1) is 24.0. The molecule has 1 saturated heterocycles. The molecule has 150 valence electrons. The van der Waals surface area contributed by atoms with Crippen molar-refractivity contribution in [1.82, 2.24) is 15.6 Å². The van der Waals surface area contributed by atoms with Gasteiger partial charge in [0.2, 0.25) is 5.91 Å². The molecule has 2 heterocycles. The molecule has 0 saturated carbocycles. The highest BCUT2D eigenvalue weighted by atomic mass is 35.5. The molecule has 5 nitrogen and oxygen atoms in total. The van der Waals surface area contributed by atoms with Gasteiger partial charge in [-0.25, -0.2) is 4.98 Å². The van der Waals surface area contributed by atoms with Crippen LogP contribution in [0.2, 0.25) is 5.02 Å². The standard InChI is InChI=1S/C18H22ClN3O2S.2ClH/c1-12-6-7-20-9-16(12)22-17(23)8-14-11-25-18(21-14)10-24-15-4-2-13(19)3-5-15;;/h2-5,11-12,16,20H,6-10H2,1H3,(H,22,23);2*1H. The molecule has 0 bridgehead atoms. The Kier molecular flexibility index (Phi) is 10.4. The van der Waals surface area contributed by atoms with E-state index >= 15 is 0 Å². The van der Waals surface area contributed by atoms with E-state index < -0.39 is 0 Å². The predicted molar refractivity (Wildman–Crippen MR) is 115 cm³/mol. The Morgan fingerprint density at radius 3 is 2.81 bits per heavy atom. The van der Waals surface area contributed by atoms with Crippen molar-refractivity contribution in [1.29, 1.82) is 0 Å². The molecule has 2 N–H and O–H groups in total. The third-order valence-electron chi connectivity index (χ3n) is 4.29. The van der Waals surface area contributed by atoms with Crippen molar-refractivity contribution in [3.8, 4) is 5.75 Å². The molecule has 1 aliphatic rings. The SMILES string of the molecule is CC1CCNCC1NC(=O)Cc1csc(COc2ccc(Cl)cc2)n1.Cl.Cl. The van der Waals surface area contributed by atoms with Gasteiger partial charge in [0.1, 0.15) is 17.4 Å². The zero-order valence-electron chi connectivity index (χ0n) is 14.9. The van der Waals surface area contributed by atoms with Crippen LogP contribution in [0, 0.1) is 5.92 Å². The first-order chi connectivity index (χ1) is 12.1. The first-order valence-electron chi connectivity index (χ1n) is 8.42. The molecule has 1 aromatic heterocycles. The molecule has 0 spiro atoms. The van der Waals surface area contributed by atoms with Crippen LogP contribution in [-0.4, -0.2) is 30.0 Å².